The maximum Gasteiger partial charge on any atom is 0.337 e. The first-order chi connectivity index (χ1) is 15.4. The largest absolute Gasteiger partial charge is 0.465 e. The van der Waals surface area contributed by atoms with Crippen LogP contribution in [0.1, 0.15) is 52.2 Å². The Bertz CT molecular complexity index is 1220. The number of carbonyl (C=O) groups is 3. The third kappa shape index (κ3) is 3.66. The third-order valence-corrected chi connectivity index (χ3v) is 6.52. The molecule has 2 aliphatic rings. The van der Waals surface area contributed by atoms with Crippen LogP contribution < -0.4 is 10.6 Å². The van der Waals surface area contributed by atoms with Gasteiger partial charge in [0.1, 0.15) is 23.0 Å². The van der Waals surface area contributed by atoms with Crippen LogP contribution >= 0.6 is 11.8 Å². The third-order valence-electron chi connectivity index (χ3n) is 5.35. The minimum absolute atomic E-state index is 0.0166. The number of carbonyl (C=O) groups excluding carboxylic acids is 3. The summed E-state index contributed by atoms with van der Waals surface area (Å²) in [6.07, 6.45) is 1.63. The fourth-order valence-electron chi connectivity index (χ4n) is 3.66. The Morgan fingerprint density at radius 3 is 2.41 bits per heavy atom. The average molecular weight is 447 g/mol. The van der Waals surface area contributed by atoms with Crippen molar-refractivity contribution in [2.45, 2.75) is 35.5 Å². The van der Waals surface area contributed by atoms with Gasteiger partial charge in [0.2, 0.25) is 11.8 Å². The monoisotopic (exact) mass is 447 g/mol. The zero-order chi connectivity index (χ0) is 23.0. The zero-order valence-corrected chi connectivity index (χ0v) is 17.8. The van der Waals surface area contributed by atoms with Crippen LogP contribution in [0, 0.1) is 22.7 Å². The molecule has 0 spiro atoms. The lowest BCUT2D eigenvalue weighted by Crippen LogP contribution is -2.31. The van der Waals surface area contributed by atoms with Crippen molar-refractivity contribution in [3.63, 3.8) is 0 Å². The van der Waals surface area contributed by atoms with Crippen LogP contribution in [-0.2, 0) is 14.3 Å². The molecule has 32 heavy (non-hydrogen) atoms. The quantitative estimate of drug-likeness (QED) is 0.538. The molecule has 9 nitrogen and oxygen atoms in total. The number of nitrogens with two attached hydrogens (primary N) is 1. The molecule has 160 valence electrons. The smallest absolute Gasteiger partial charge is 0.337 e. The Labute approximate surface area is 187 Å². The summed E-state index contributed by atoms with van der Waals surface area (Å²) in [5.41, 5.74) is 7.63. The number of anilines is 2. The number of amides is 2. The number of pyridine rings is 1. The second kappa shape index (κ2) is 8.33. The molecule has 1 saturated carbocycles. The van der Waals surface area contributed by atoms with Crippen LogP contribution in [0.2, 0.25) is 0 Å². The minimum atomic E-state index is -0.790. The predicted octanol–water partition coefficient (Wildman–Crippen LogP) is 2.50. The standard InChI is InChI=1S/C22H17N5O4S/c1-31-22(30)12-4-6-13(7-5-12)27-17(28)8-16(21(27)29)32-20-15(10-24)18(11-2-3-11)14(9-23)19(25)26-20/h4-7,11,16H,2-3,8H2,1H3,(H2,25,26)/t16-/m1/s1. The average Bonchev–Trinajstić information content (AvgIpc) is 3.59. The highest BCUT2D eigenvalue weighted by molar-refractivity contribution is 8.00. The van der Waals surface area contributed by atoms with Crippen molar-refractivity contribution in [1.82, 2.24) is 4.98 Å². The van der Waals surface area contributed by atoms with E-state index in [9.17, 15) is 24.9 Å². The molecule has 1 aliphatic heterocycles. The van der Waals surface area contributed by atoms with Gasteiger partial charge < -0.3 is 10.5 Å². The van der Waals surface area contributed by atoms with E-state index >= 15 is 0 Å². The number of aromatic nitrogens is 1. The topological polar surface area (TPSA) is 150 Å². The lowest BCUT2D eigenvalue weighted by molar-refractivity contribution is -0.121. The van der Waals surface area contributed by atoms with E-state index in [4.69, 9.17) is 5.73 Å². The van der Waals surface area contributed by atoms with Gasteiger partial charge in [-0.15, -0.1) is 0 Å². The number of thioether (sulfide) groups is 1. The molecular weight excluding hydrogens is 430 g/mol. The number of ether oxygens (including phenoxy) is 1. The Morgan fingerprint density at radius 2 is 1.84 bits per heavy atom. The molecule has 1 aromatic carbocycles. The van der Waals surface area contributed by atoms with Crippen LogP contribution in [-0.4, -0.2) is 35.1 Å². The van der Waals surface area contributed by atoms with E-state index in [0.717, 1.165) is 29.5 Å². The highest BCUT2D eigenvalue weighted by Gasteiger charge is 2.42. The molecule has 2 heterocycles. The van der Waals surface area contributed by atoms with Gasteiger partial charge in [-0.05, 0) is 48.6 Å². The second-order valence-corrected chi connectivity index (χ2v) is 8.57. The van der Waals surface area contributed by atoms with E-state index in [1.54, 1.807) is 0 Å². The van der Waals surface area contributed by atoms with Gasteiger partial charge in [-0.25, -0.2) is 14.7 Å². The van der Waals surface area contributed by atoms with Crippen LogP contribution in [0.15, 0.2) is 29.3 Å². The predicted molar refractivity (Wildman–Crippen MR) is 115 cm³/mol. The molecule has 10 heteroatoms. The highest BCUT2D eigenvalue weighted by atomic mass is 32.2. The summed E-state index contributed by atoms with van der Waals surface area (Å²) in [6.45, 7) is 0. The number of nitriles is 2. The summed E-state index contributed by atoms with van der Waals surface area (Å²) in [5, 5.41) is 18.7. The molecule has 0 bridgehead atoms. The van der Waals surface area contributed by atoms with Gasteiger partial charge in [0, 0.05) is 6.42 Å². The van der Waals surface area contributed by atoms with Gasteiger partial charge in [0.05, 0.1) is 34.7 Å². The van der Waals surface area contributed by atoms with E-state index < -0.39 is 23.0 Å². The van der Waals surface area contributed by atoms with Gasteiger partial charge in [0.15, 0.2) is 0 Å². The van der Waals surface area contributed by atoms with Crippen LogP contribution in [0.3, 0.4) is 0 Å². The number of nitrogen functional groups attached to an aromatic ring is 1. The van der Waals surface area contributed by atoms with Gasteiger partial charge in [0.25, 0.3) is 0 Å². The first kappa shape index (κ1) is 21.3. The van der Waals surface area contributed by atoms with Crippen LogP contribution in [0.4, 0.5) is 11.5 Å². The second-order valence-electron chi connectivity index (χ2n) is 7.38. The number of hydrogen-bond acceptors (Lipinski definition) is 9. The van der Waals surface area contributed by atoms with Gasteiger partial charge in [-0.2, -0.15) is 10.5 Å². The van der Waals surface area contributed by atoms with E-state index in [1.165, 1.54) is 31.4 Å². The summed E-state index contributed by atoms with van der Waals surface area (Å²) in [7, 11) is 1.26. The molecule has 2 fully saturated rings. The molecular formula is C22H17N5O4S. The van der Waals surface area contributed by atoms with E-state index in [0.29, 0.717) is 16.8 Å². The van der Waals surface area contributed by atoms with Crippen LogP contribution in [0.5, 0.6) is 0 Å². The maximum atomic E-state index is 13.0. The summed E-state index contributed by atoms with van der Waals surface area (Å²) in [4.78, 5) is 42.5. The number of nitrogens with zero attached hydrogens (tertiary/aromatic N) is 4. The summed E-state index contributed by atoms with van der Waals surface area (Å²) in [5.74, 6) is -1.28. The number of methoxy groups -OCH3 is 1. The van der Waals surface area contributed by atoms with Gasteiger partial charge in [-0.3, -0.25) is 9.59 Å². The highest BCUT2D eigenvalue weighted by Crippen LogP contribution is 2.46. The molecule has 1 atom stereocenters. The van der Waals surface area contributed by atoms with Gasteiger partial charge >= 0.3 is 5.97 Å². The Hall–Kier alpha value is -3.89. The molecule has 2 amide bonds. The maximum absolute atomic E-state index is 13.0. The minimum Gasteiger partial charge on any atom is -0.465 e. The number of esters is 1. The number of benzene rings is 1. The Kier molecular flexibility index (Phi) is 5.56. The fourth-order valence-corrected chi connectivity index (χ4v) is 4.78. The van der Waals surface area contributed by atoms with Gasteiger partial charge in [-0.1, -0.05) is 11.8 Å². The molecule has 1 aliphatic carbocycles. The van der Waals surface area contributed by atoms with Crippen molar-refractivity contribution in [3.8, 4) is 12.1 Å². The fraction of sp³-hybridized carbons (Fsp3) is 0.273. The van der Waals surface area contributed by atoms with Crippen LogP contribution in [0.25, 0.3) is 0 Å². The van der Waals surface area contributed by atoms with Crippen molar-refractivity contribution >= 4 is 41.1 Å². The summed E-state index contributed by atoms with van der Waals surface area (Å²) >= 11 is 1.01. The molecule has 1 saturated heterocycles. The summed E-state index contributed by atoms with van der Waals surface area (Å²) < 4.78 is 4.65. The lowest BCUT2D eigenvalue weighted by Gasteiger charge is -2.16. The number of imide groups is 1. The Balaban J connectivity index is 1.63. The van der Waals surface area contributed by atoms with E-state index in [-0.39, 0.29) is 34.3 Å². The van der Waals surface area contributed by atoms with Crippen molar-refractivity contribution < 1.29 is 19.1 Å². The molecule has 1 aromatic heterocycles. The molecule has 0 radical (unpaired) electrons. The molecule has 2 aromatic rings. The van der Waals surface area contributed by atoms with Crippen molar-refractivity contribution in [3.05, 3.63) is 46.5 Å². The van der Waals surface area contributed by atoms with Crippen molar-refractivity contribution in [2.24, 2.45) is 0 Å². The molecule has 2 N–H and O–H groups in total. The SMILES string of the molecule is COC(=O)c1ccc(N2C(=O)C[C@@H](Sc3nc(N)c(C#N)c(C4CC4)c3C#N)C2=O)cc1. The normalized spacial score (nSPS) is 17.7. The number of hydrogen-bond donors (Lipinski definition) is 1. The Morgan fingerprint density at radius 1 is 1.19 bits per heavy atom. The molecule has 4 rings (SSSR count). The van der Waals surface area contributed by atoms with E-state index in [1.807, 2.05) is 6.07 Å². The first-order valence-corrected chi connectivity index (χ1v) is 10.6. The lowest BCUT2D eigenvalue weighted by atomic mass is 10.0. The van der Waals surface area contributed by atoms with E-state index in [2.05, 4.69) is 15.8 Å². The van der Waals surface area contributed by atoms with Crippen molar-refractivity contribution in [2.75, 3.05) is 17.7 Å². The zero-order valence-electron chi connectivity index (χ0n) is 17.0. The summed E-state index contributed by atoms with van der Waals surface area (Å²) in [6, 6.07) is 10.1. The number of rotatable bonds is 5. The first-order valence-electron chi connectivity index (χ1n) is 9.75. The van der Waals surface area contributed by atoms with Crippen molar-refractivity contribution in [1.29, 1.82) is 10.5 Å². The molecule has 0 unspecified atom stereocenters.